The van der Waals surface area contributed by atoms with E-state index in [1.807, 2.05) is 38.1 Å². The fourth-order valence-corrected chi connectivity index (χ4v) is 2.62. The zero-order chi connectivity index (χ0) is 20.4. The second-order valence-corrected chi connectivity index (χ2v) is 7.02. The SMILES string of the molecule is CCNC(=NCc1cccc(C(=O)NC(C)CC)c1)NCc1ccc(C)cc1.I. The van der Waals surface area contributed by atoms with Crippen LogP contribution in [-0.2, 0) is 13.1 Å². The summed E-state index contributed by atoms with van der Waals surface area (Å²) in [5, 5.41) is 9.62. The van der Waals surface area contributed by atoms with E-state index in [-0.39, 0.29) is 35.9 Å². The monoisotopic (exact) mass is 508 g/mol. The van der Waals surface area contributed by atoms with Gasteiger partial charge in [-0.1, -0.05) is 48.9 Å². The molecule has 6 heteroatoms. The maximum absolute atomic E-state index is 12.3. The molecule has 0 aliphatic heterocycles. The first-order valence-corrected chi connectivity index (χ1v) is 9.99. The van der Waals surface area contributed by atoms with Crippen molar-refractivity contribution < 1.29 is 4.79 Å². The first-order chi connectivity index (χ1) is 13.5. The summed E-state index contributed by atoms with van der Waals surface area (Å²) in [6.45, 7) is 10.2. The van der Waals surface area contributed by atoms with Crippen molar-refractivity contribution in [2.24, 2.45) is 4.99 Å². The highest BCUT2D eigenvalue weighted by atomic mass is 127. The minimum Gasteiger partial charge on any atom is -0.357 e. The Kier molecular flexibility index (Phi) is 11.3. The molecule has 1 amide bonds. The molecule has 0 bridgehead atoms. The Bertz CT molecular complexity index is 790. The summed E-state index contributed by atoms with van der Waals surface area (Å²) < 4.78 is 0. The average Bonchev–Trinajstić information content (AvgIpc) is 2.71. The van der Waals surface area contributed by atoms with Gasteiger partial charge >= 0.3 is 0 Å². The van der Waals surface area contributed by atoms with Crippen LogP contribution in [0.15, 0.2) is 53.5 Å². The summed E-state index contributed by atoms with van der Waals surface area (Å²) in [5.41, 5.74) is 4.14. The van der Waals surface area contributed by atoms with Crippen LogP contribution in [0, 0.1) is 6.92 Å². The molecule has 2 aromatic rings. The smallest absolute Gasteiger partial charge is 0.251 e. The van der Waals surface area contributed by atoms with Crippen LogP contribution in [0.2, 0.25) is 0 Å². The van der Waals surface area contributed by atoms with Gasteiger partial charge in [0.05, 0.1) is 6.54 Å². The van der Waals surface area contributed by atoms with Crippen molar-refractivity contribution in [1.82, 2.24) is 16.0 Å². The molecule has 0 radical (unpaired) electrons. The molecule has 0 aromatic heterocycles. The Morgan fingerprint density at radius 1 is 1.03 bits per heavy atom. The van der Waals surface area contributed by atoms with E-state index in [1.165, 1.54) is 11.1 Å². The van der Waals surface area contributed by atoms with E-state index in [9.17, 15) is 4.79 Å². The van der Waals surface area contributed by atoms with E-state index < -0.39 is 0 Å². The summed E-state index contributed by atoms with van der Waals surface area (Å²) in [5.74, 6) is 0.724. The second kappa shape index (κ2) is 13.2. The normalized spacial score (nSPS) is 11.9. The Labute approximate surface area is 191 Å². The third-order valence-corrected chi connectivity index (χ3v) is 4.52. The van der Waals surface area contributed by atoms with Crippen molar-refractivity contribution in [1.29, 1.82) is 0 Å². The van der Waals surface area contributed by atoms with Crippen molar-refractivity contribution in [2.45, 2.75) is 53.2 Å². The summed E-state index contributed by atoms with van der Waals surface area (Å²) in [6, 6.07) is 16.3. The fourth-order valence-electron chi connectivity index (χ4n) is 2.62. The zero-order valence-electron chi connectivity index (χ0n) is 17.8. The molecule has 158 valence electrons. The number of halogens is 1. The molecular weight excluding hydrogens is 475 g/mol. The lowest BCUT2D eigenvalue weighted by molar-refractivity contribution is 0.0939. The van der Waals surface area contributed by atoms with E-state index in [4.69, 9.17) is 0 Å². The molecule has 0 fully saturated rings. The van der Waals surface area contributed by atoms with E-state index >= 15 is 0 Å². The maximum atomic E-state index is 12.3. The third-order valence-electron chi connectivity index (χ3n) is 4.52. The molecule has 2 rings (SSSR count). The minimum absolute atomic E-state index is 0. The van der Waals surface area contributed by atoms with Gasteiger partial charge in [-0.3, -0.25) is 4.79 Å². The van der Waals surface area contributed by atoms with Gasteiger partial charge in [-0.25, -0.2) is 4.99 Å². The van der Waals surface area contributed by atoms with Crippen molar-refractivity contribution in [3.63, 3.8) is 0 Å². The number of nitrogens with zero attached hydrogens (tertiary/aromatic N) is 1. The number of hydrogen-bond donors (Lipinski definition) is 3. The zero-order valence-corrected chi connectivity index (χ0v) is 20.1. The fraction of sp³-hybridized carbons (Fsp3) is 0.391. The van der Waals surface area contributed by atoms with Gasteiger partial charge < -0.3 is 16.0 Å². The number of guanidine groups is 1. The number of nitrogens with one attached hydrogen (secondary N) is 3. The van der Waals surface area contributed by atoms with Crippen LogP contribution in [0.1, 0.15) is 54.2 Å². The molecule has 0 aliphatic carbocycles. The highest BCUT2D eigenvalue weighted by molar-refractivity contribution is 14.0. The van der Waals surface area contributed by atoms with Gasteiger partial charge in [-0.05, 0) is 50.5 Å². The van der Waals surface area contributed by atoms with Crippen LogP contribution in [0.3, 0.4) is 0 Å². The molecule has 0 heterocycles. The lowest BCUT2D eigenvalue weighted by Gasteiger charge is -2.13. The summed E-state index contributed by atoms with van der Waals surface area (Å²) >= 11 is 0. The quantitative estimate of drug-likeness (QED) is 0.282. The number of rotatable bonds is 8. The molecule has 0 aliphatic rings. The third kappa shape index (κ3) is 8.85. The molecule has 3 N–H and O–H groups in total. The van der Waals surface area contributed by atoms with Crippen molar-refractivity contribution in [2.75, 3.05) is 6.54 Å². The van der Waals surface area contributed by atoms with Crippen LogP contribution < -0.4 is 16.0 Å². The number of hydrogen-bond acceptors (Lipinski definition) is 2. The predicted molar refractivity (Wildman–Crippen MR) is 132 cm³/mol. The van der Waals surface area contributed by atoms with Gasteiger partial charge in [-0.15, -0.1) is 24.0 Å². The highest BCUT2D eigenvalue weighted by Crippen LogP contribution is 2.08. The minimum atomic E-state index is -0.0374. The molecule has 0 spiro atoms. The van der Waals surface area contributed by atoms with E-state index in [2.05, 4.69) is 59.1 Å². The summed E-state index contributed by atoms with van der Waals surface area (Å²) in [4.78, 5) is 17.0. The van der Waals surface area contributed by atoms with Gasteiger partial charge in [0.25, 0.3) is 5.91 Å². The molecule has 0 saturated carbocycles. The maximum Gasteiger partial charge on any atom is 0.251 e. The lowest BCUT2D eigenvalue weighted by atomic mass is 10.1. The molecule has 0 saturated heterocycles. The second-order valence-electron chi connectivity index (χ2n) is 7.02. The summed E-state index contributed by atoms with van der Waals surface area (Å²) in [7, 11) is 0. The van der Waals surface area contributed by atoms with E-state index in [0.29, 0.717) is 18.7 Å². The van der Waals surface area contributed by atoms with Crippen LogP contribution >= 0.6 is 24.0 Å². The van der Waals surface area contributed by atoms with Crippen molar-refractivity contribution in [3.8, 4) is 0 Å². The molecule has 2 aromatic carbocycles. The van der Waals surface area contributed by atoms with E-state index in [0.717, 1.165) is 24.5 Å². The Morgan fingerprint density at radius 2 is 1.76 bits per heavy atom. The van der Waals surface area contributed by atoms with Crippen LogP contribution in [-0.4, -0.2) is 24.5 Å². The van der Waals surface area contributed by atoms with Gasteiger partial charge in [-0.2, -0.15) is 0 Å². The predicted octanol–water partition coefficient (Wildman–Crippen LogP) is 4.40. The number of carbonyl (C=O) groups is 1. The van der Waals surface area contributed by atoms with Crippen LogP contribution in [0.5, 0.6) is 0 Å². The lowest BCUT2D eigenvalue weighted by Crippen LogP contribution is -2.36. The van der Waals surface area contributed by atoms with Gasteiger partial charge in [0.1, 0.15) is 0 Å². The first kappa shape index (κ1) is 24.9. The van der Waals surface area contributed by atoms with Crippen molar-refractivity contribution >= 4 is 35.8 Å². The van der Waals surface area contributed by atoms with Crippen molar-refractivity contribution in [3.05, 3.63) is 70.8 Å². The Hall–Kier alpha value is -2.09. The van der Waals surface area contributed by atoms with E-state index in [1.54, 1.807) is 0 Å². The number of aryl methyl sites for hydroxylation is 1. The number of benzene rings is 2. The van der Waals surface area contributed by atoms with Crippen LogP contribution in [0.25, 0.3) is 0 Å². The first-order valence-electron chi connectivity index (χ1n) is 9.99. The Balaban J connectivity index is 0.00000420. The summed E-state index contributed by atoms with van der Waals surface area (Å²) in [6.07, 6.45) is 0.911. The topological polar surface area (TPSA) is 65.5 Å². The Morgan fingerprint density at radius 3 is 2.41 bits per heavy atom. The van der Waals surface area contributed by atoms with Gasteiger partial charge in [0.15, 0.2) is 5.96 Å². The molecule has 1 unspecified atom stereocenters. The number of carbonyl (C=O) groups excluding carboxylic acids is 1. The highest BCUT2D eigenvalue weighted by Gasteiger charge is 2.09. The van der Waals surface area contributed by atoms with Gasteiger partial charge in [0.2, 0.25) is 0 Å². The van der Waals surface area contributed by atoms with Gasteiger partial charge in [0, 0.05) is 24.7 Å². The van der Waals surface area contributed by atoms with Crippen LogP contribution in [0.4, 0.5) is 0 Å². The molecule has 29 heavy (non-hydrogen) atoms. The number of amides is 1. The average molecular weight is 508 g/mol. The standard InChI is InChI=1S/C23H32N4O.HI/c1-5-18(4)27-22(28)21-9-7-8-20(14-21)16-26-23(24-6-2)25-15-19-12-10-17(3)11-13-19;/h7-14,18H,5-6,15-16H2,1-4H3,(H,27,28)(H2,24,25,26);1H. The molecular formula is C23H33IN4O. The number of aliphatic imine (C=N–C) groups is 1. The largest absolute Gasteiger partial charge is 0.357 e. The molecule has 1 atom stereocenters. The molecule has 5 nitrogen and oxygen atoms in total.